The molecule has 0 aliphatic heterocycles. The van der Waals surface area contributed by atoms with Crippen LogP contribution in [-0.2, 0) is 10.8 Å². The first-order chi connectivity index (χ1) is 21.3. The Bertz CT molecular complexity index is 2260. The summed E-state index contributed by atoms with van der Waals surface area (Å²) in [6, 6.07) is 47.1. The summed E-state index contributed by atoms with van der Waals surface area (Å²) in [6.45, 7) is 9.41. The van der Waals surface area contributed by atoms with Gasteiger partial charge in [-0.25, -0.2) is 0 Å². The van der Waals surface area contributed by atoms with Gasteiger partial charge in [0.25, 0.3) is 0 Å². The molecule has 1 aromatic heterocycles. The van der Waals surface area contributed by atoms with E-state index in [4.69, 9.17) is 0 Å². The molecule has 1 N–H and O–H groups in total. The van der Waals surface area contributed by atoms with Gasteiger partial charge in [-0.2, -0.15) is 0 Å². The molecule has 44 heavy (non-hydrogen) atoms. The fourth-order valence-corrected chi connectivity index (χ4v) is 8.09. The average molecular weight is 567 g/mol. The predicted octanol–water partition coefficient (Wildman–Crippen LogP) is 11.1. The van der Waals surface area contributed by atoms with Crippen LogP contribution in [0.1, 0.15) is 49.9 Å². The number of hydrogen-bond donors (Lipinski definition) is 1. The van der Waals surface area contributed by atoms with Crippen molar-refractivity contribution in [1.29, 1.82) is 0 Å². The number of anilines is 2. The zero-order valence-corrected chi connectivity index (χ0v) is 25.6. The van der Waals surface area contributed by atoms with Crippen LogP contribution in [0.2, 0.25) is 0 Å². The van der Waals surface area contributed by atoms with Crippen molar-refractivity contribution in [3.05, 3.63) is 150 Å². The first kappa shape index (κ1) is 25.4. The molecule has 2 nitrogen and oxygen atoms in total. The Morgan fingerprint density at radius 1 is 0.432 bits per heavy atom. The fraction of sp³-hybridized carbons (Fsp3) is 0.143. The number of hydrogen-bond acceptors (Lipinski definition) is 1. The summed E-state index contributed by atoms with van der Waals surface area (Å²) in [5.41, 5.74) is 16.7. The lowest BCUT2D eigenvalue weighted by Crippen LogP contribution is -2.16. The van der Waals surface area contributed by atoms with E-state index in [0.717, 1.165) is 11.4 Å². The Hall–Kier alpha value is -5.08. The maximum Gasteiger partial charge on any atom is 0.0541 e. The van der Waals surface area contributed by atoms with Gasteiger partial charge in [0, 0.05) is 38.7 Å². The number of nitrogens with one attached hydrogen (secondary N) is 1. The lowest BCUT2D eigenvalue weighted by Gasteiger charge is -2.23. The predicted molar refractivity (Wildman–Crippen MR) is 186 cm³/mol. The summed E-state index contributed by atoms with van der Waals surface area (Å²) in [7, 11) is 0. The normalized spacial score (nSPS) is 15.2. The van der Waals surface area contributed by atoms with Crippen molar-refractivity contribution in [3.8, 4) is 27.9 Å². The van der Waals surface area contributed by atoms with Gasteiger partial charge in [-0.3, -0.25) is 0 Å². The summed E-state index contributed by atoms with van der Waals surface area (Å²) in [6.07, 6.45) is 0. The minimum Gasteiger partial charge on any atom is -0.356 e. The highest BCUT2D eigenvalue weighted by Gasteiger charge is 2.37. The summed E-state index contributed by atoms with van der Waals surface area (Å²) >= 11 is 0. The van der Waals surface area contributed by atoms with Crippen LogP contribution in [0.4, 0.5) is 11.4 Å². The summed E-state index contributed by atoms with van der Waals surface area (Å²) < 4.78 is 2.42. The van der Waals surface area contributed by atoms with E-state index in [1.165, 1.54) is 72.0 Å². The van der Waals surface area contributed by atoms with Crippen molar-refractivity contribution >= 4 is 33.2 Å². The average Bonchev–Trinajstić information content (AvgIpc) is 3.58. The minimum absolute atomic E-state index is 0.0146. The molecule has 0 saturated carbocycles. The third-order valence-corrected chi connectivity index (χ3v) is 10.4. The molecule has 2 heteroatoms. The van der Waals surface area contributed by atoms with Gasteiger partial charge in [-0.15, -0.1) is 0 Å². The van der Waals surface area contributed by atoms with E-state index in [0.29, 0.717) is 0 Å². The van der Waals surface area contributed by atoms with E-state index in [2.05, 4.69) is 165 Å². The van der Waals surface area contributed by atoms with Crippen LogP contribution >= 0.6 is 0 Å². The van der Waals surface area contributed by atoms with Crippen molar-refractivity contribution in [2.24, 2.45) is 0 Å². The van der Waals surface area contributed by atoms with E-state index >= 15 is 0 Å². The van der Waals surface area contributed by atoms with Crippen LogP contribution in [0.25, 0.3) is 49.7 Å². The molecule has 0 radical (unpaired) electrons. The SMILES string of the molecule is CC1(C)c2ccccc2-c2ccc(Nc3ccc4c(c3)C(C)(C)c3cc(-n5c6ccccc6c6ccccc65)ccc3-4)cc21. The molecule has 0 amide bonds. The van der Waals surface area contributed by atoms with Crippen molar-refractivity contribution in [2.75, 3.05) is 5.32 Å². The minimum atomic E-state index is -0.126. The highest BCUT2D eigenvalue weighted by atomic mass is 15.0. The molecule has 0 fully saturated rings. The zero-order chi connectivity index (χ0) is 29.8. The second-order valence-electron chi connectivity index (χ2n) is 13.5. The first-order valence-electron chi connectivity index (χ1n) is 15.6. The molecule has 2 aliphatic carbocycles. The van der Waals surface area contributed by atoms with Gasteiger partial charge in [-0.1, -0.05) is 107 Å². The lowest BCUT2D eigenvalue weighted by molar-refractivity contribution is 0.660. The highest BCUT2D eigenvalue weighted by molar-refractivity contribution is 6.09. The number of para-hydroxylation sites is 2. The van der Waals surface area contributed by atoms with Crippen molar-refractivity contribution in [3.63, 3.8) is 0 Å². The standard InChI is InChI=1S/C42H34N2/c1-41(2)35-14-8-5-11-29(35)30-20-17-26(23-36(30)41)43-27-18-21-31-32-22-19-28(25-38(32)42(3,4)37(31)24-27)44-39-15-9-6-12-33(39)34-13-7-10-16-40(34)44/h5-25,43H,1-4H3. The second kappa shape index (κ2) is 8.74. The Balaban J connectivity index is 1.10. The quantitative estimate of drug-likeness (QED) is 0.225. The van der Waals surface area contributed by atoms with Gasteiger partial charge in [0.1, 0.15) is 0 Å². The van der Waals surface area contributed by atoms with E-state index in [9.17, 15) is 0 Å². The van der Waals surface area contributed by atoms with Crippen molar-refractivity contribution in [2.45, 2.75) is 38.5 Å². The monoisotopic (exact) mass is 566 g/mol. The van der Waals surface area contributed by atoms with Gasteiger partial charge in [0.15, 0.2) is 0 Å². The summed E-state index contributed by atoms with van der Waals surface area (Å²) in [5.74, 6) is 0. The van der Waals surface area contributed by atoms with E-state index in [-0.39, 0.29) is 10.8 Å². The van der Waals surface area contributed by atoms with Crippen LogP contribution in [-0.4, -0.2) is 4.57 Å². The smallest absolute Gasteiger partial charge is 0.0541 e. The maximum atomic E-state index is 3.76. The maximum absolute atomic E-state index is 3.76. The first-order valence-corrected chi connectivity index (χ1v) is 15.6. The van der Waals surface area contributed by atoms with Gasteiger partial charge in [0.05, 0.1) is 11.0 Å². The molecule has 6 aromatic carbocycles. The molecule has 0 unspecified atom stereocenters. The molecule has 2 aliphatic rings. The molecular weight excluding hydrogens is 532 g/mol. The Morgan fingerprint density at radius 2 is 0.886 bits per heavy atom. The van der Waals surface area contributed by atoms with Crippen LogP contribution in [0, 0.1) is 0 Å². The molecule has 9 rings (SSSR count). The van der Waals surface area contributed by atoms with Crippen molar-refractivity contribution < 1.29 is 0 Å². The van der Waals surface area contributed by atoms with Gasteiger partial charge < -0.3 is 9.88 Å². The molecule has 0 saturated heterocycles. The second-order valence-corrected chi connectivity index (χ2v) is 13.5. The van der Waals surface area contributed by atoms with Gasteiger partial charge >= 0.3 is 0 Å². The van der Waals surface area contributed by atoms with E-state index in [1.807, 2.05) is 0 Å². The number of aromatic nitrogens is 1. The Labute approximate surface area is 258 Å². The topological polar surface area (TPSA) is 17.0 Å². The van der Waals surface area contributed by atoms with Crippen LogP contribution in [0.15, 0.2) is 127 Å². The number of fused-ring (bicyclic) bond motifs is 9. The van der Waals surface area contributed by atoms with Gasteiger partial charge in [-0.05, 0) is 93.0 Å². The largest absolute Gasteiger partial charge is 0.356 e. The van der Waals surface area contributed by atoms with E-state index < -0.39 is 0 Å². The lowest BCUT2D eigenvalue weighted by atomic mass is 9.82. The highest BCUT2D eigenvalue weighted by Crippen LogP contribution is 2.52. The number of rotatable bonds is 3. The third-order valence-electron chi connectivity index (χ3n) is 10.4. The fourth-order valence-electron chi connectivity index (χ4n) is 8.09. The zero-order valence-electron chi connectivity index (χ0n) is 25.6. The molecule has 0 bridgehead atoms. The molecule has 212 valence electrons. The Morgan fingerprint density at radius 3 is 1.50 bits per heavy atom. The molecule has 0 spiro atoms. The van der Waals surface area contributed by atoms with E-state index in [1.54, 1.807) is 0 Å². The van der Waals surface area contributed by atoms with Gasteiger partial charge in [0.2, 0.25) is 0 Å². The third kappa shape index (κ3) is 3.37. The molecule has 1 heterocycles. The number of nitrogens with zero attached hydrogens (tertiary/aromatic N) is 1. The van der Waals surface area contributed by atoms with Crippen LogP contribution < -0.4 is 5.32 Å². The van der Waals surface area contributed by atoms with Crippen LogP contribution in [0.5, 0.6) is 0 Å². The van der Waals surface area contributed by atoms with Crippen molar-refractivity contribution in [1.82, 2.24) is 4.57 Å². The van der Waals surface area contributed by atoms with Crippen LogP contribution in [0.3, 0.4) is 0 Å². The summed E-state index contributed by atoms with van der Waals surface area (Å²) in [4.78, 5) is 0. The molecular formula is C42H34N2. The Kier molecular flexibility index (Phi) is 5.05. The molecule has 0 atom stereocenters. The summed E-state index contributed by atoms with van der Waals surface area (Å²) in [5, 5.41) is 6.35. The molecule has 7 aromatic rings. The number of benzene rings is 6.